The van der Waals surface area contributed by atoms with Gasteiger partial charge in [0.2, 0.25) is 0 Å². The summed E-state index contributed by atoms with van der Waals surface area (Å²) < 4.78 is 5.28. The molecule has 2 aromatic carbocycles. The molecule has 0 aliphatic carbocycles. The molecule has 0 atom stereocenters. The zero-order valence-electron chi connectivity index (χ0n) is 12.0. The fraction of sp³-hybridized carbons (Fsp3) is 0.167. The highest BCUT2D eigenvalue weighted by atomic mass is 16.5. The van der Waals surface area contributed by atoms with Gasteiger partial charge >= 0.3 is 0 Å². The third-order valence-corrected chi connectivity index (χ3v) is 3.09. The SMILES string of the molecule is CCOCC(C=O)=Cc1ccc(O)cc1-c1ccccc1. The van der Waals surface area contributed by atoms with Crippen LogP contribution < -0.4 is 0 Å². The van der Waals surface area contributed by atoms with Crippen LogP contribution in [-0.4, -0.2) is 24.6 Å². The van der Waals surface area contributed by atoms with Crippen molar-refractivity contribution in [1.29, 1.82) is 0 Å². The van der Waals surface area contributed by atoms with E-state index in [2.05, 4.69) is 0 Å². The zero-order chi connectivity index (χ0) is 15.1. The normalized spacial score (nSPS) is 11.4. The van der Waals surface area contributed by atoms with Gasteiger partial charge < -0.3 is 9.84 Å². The Labute approximate surface area is 124 Å². The van der Waals surface area contributed by atoms with Crippen molar-refractivity contribution >= 4 is 12.4 Å². The molecule has 0 aromatic heterocycles. The lowest BCUT2D eigenvalue weighted by Gasteiger charge is -2.09. The van der Waals surface area contributed by atoms with Crippen molar-refractivity contribution in [2.45, 2.75) is 6.92 Å². The molecule has 0 amide bonds. The first kappa shape index (κ1) is 15.0. The van der Waals surface area contributed by atoms with Crippen molar-refractivity contribution in [1.82, 2.24) is 0 Å². The second-order valence-electron chi connectivity index (χ2n) is 4.61. The van der Waals surface area contributed by atoms with E-state index in [1.54, 1.807) is 24.3 Å². The Morgan fingerprint density at radius 1 is 1.19 bits per heavy atom. The summed E-state index contributed by atoms with van der Waals surface area (Å²) in [6, 6.07) is 14.9. The summed E-state index contributed by atoms with van der Waals surface area (Å²) >= 11 is 0. The number of rotatable bonds is 6. The minimum atomic E-state index is 0.198. The summed E-state index contributed by atoms with van der Waals surface area (Å²) in [6.07, 6.45) is 2.60. The van der Waals surface area contributed by atoms with Crippen molar-refractivity contribution in [3.05, 3.63) is 59.7 Å². The van der Waals surface area contributed by atoms with Gasteiger partial charge in [0, 0.05) is 12.2 Å². The Morgan fingerprint density at radius 3 is 2.62 bits per heavy atom. The average molecular weight is 282 g/mol. The number of hydrogen-bond acceptors (Lipinski definition) is 3. The van der Waals surface area contributed by atoms with Gasteiger partial charge in [-0.1, -0.05) is 36.4 Å². The molecule has 0 heterocycles. The third-order valence-electron chi connectivity index (χ3n) is 3.09. The van der Waals surface area contributed by atoms with Crippen LogP contribution >= 0.6 is 0 Å². The first-order chi connectivity index (χ1) is 10.2. The molecule has 0 radical (unpaired) electrons. The molecule has 3 heteroatoms. The standard InChI is InChI=1S/C18H18O3/c1-2-21-13-14(12-19)10-16-8-9-17(20)11-18(16)15-6-4-3-5-7-15/h3-12,20H,2,13H2,1H3. The van der Waals surface area contributed by atoms with Crippen LogP contribution in [0, 0.1) is 0 Å². The number of aromatic hydroxyl groups is 1. The van der Waals surface area contributed by atoms with Crippen molar-refractivity contribution in [3.63, 3.8) is 0 Å². The maximum Gasteiger partial charge on any atom is 0.148 e. The molecule has 0 aliphatic rings. The number of carbonyl (C=O) groups excluding carboxylic acids is 1. The third kappa shape index (κ3) is 4.04. The number of carbonyl (C=O) groups is 1. The van der Waals surface area contributed by atoms with Crippen LogP contribution in [0.2, 0.25) is 0 Å². The average Bonchev–Trinajstić information content (AvgIpc) is 2.53. The number of hydrogen-bond donors (Lipinski definition) is 1. The molecule has 0 saturated heterocycles. The molecule has 0 saturated carbocycles. The highest BCUT2D eigenvalue weighted by molar-refractivity contribution is 5.86. The maximum atomic E-state index is 11.1. The van der Waals surface area contributed by atoms with Gasteiger partial charge in [-0.3, -0.25) is 4.79 Å². The molecule has 1 N–H and O–H groups in total. The molecular formula is C18H18O3. The number of benzene rings is 2. The predicted molar refractivity (Wildman–Crippen MR) is 84.1 cm³/mol. The van der Waals surface area contributed by atoms with Gasteiger partial charge in [-0.25, -0.2) is 0 Å². The summed E-state index contributed by atoms with van der Waals surface area (Å²) in [5.41, 5.74) is 3.31. The summed E-state index contributed by atoms with van der Waals surface area (Å²) in [5, 5.41) is 9.72. The van der Waals surface area contributed by atoms with Gasteiger partial charge in [-0.2, -0.15) is 0 Å². The van der Waals surface area contributed by atoms with Gasteiger partial charge in [0.25, 0.3) is 0 Å². The van der Waals surface area contributed by atoms with Gasteiger partial charge in [0.1, 0.15) is 12.0 Å². The topological polar surface area (TPSA) is 46.5 Å². The molecule has 21 heavy (non-hydrogen) atoms. The predicted octanol–water partition coefficient (Wildman–Crippen LogP) is 3.68. The molecule has 2 rings (SSSR count). The molecule has 0 unspecified atom stereocenters. The zero-order valence-corrected chi connectivity index (χ0v) is 12.0. The second kappa shape index (κ2) is 7.41. The van der Waals surface area contributed by atoms with E-state index in [-0.39, 0.29) is 12.4 Å². The number of phenolic OH excluding ortho intramolecular Hbond substituents is 1. The Kier molecular flexibility index (Phi) is 5.29. The number of phenols is 1. The van der Waals surface area contributed by atoms with E-state index in [1.807, 2.05) is 37.3 Å². The van der Waals surface area contributed by atoms with Crippen molar-refractivity contribution in [3.8, 4) is 16.9 Å². The van der Waals surface area contributed by atoms with Gasteiger partial charge in [0.05, 0.1) is 6.61 Å². The molecule has 0 fully saturated rings. The van der Waals surface area contributed by atoms with E-state index in [0.717, 1.165) is 23.0 Å². The summed E-state index contributed by atoms with van der Waals surface area (Å²) in [6.45, 7) is 2.74. The summed E-state index contributed by atoms with van der Waals surface area (Å²) in [5.74, 6) is 0.198. The Balaban J connectivity index is 2.44. The monoisotopic (exact) mass is 282 g/mol. The van der Waals surface area contributed by atoms with E-state index in [4.69, 9.17) is 4.74 Å². The lowest BCUT2D eigenvalue weighted by atomic mass is 9.98. The highest BCUT2D eigenvalue weighted by Crippen LogP contribution is 2.29. The molecule has 0 spiro atoms. The molecule has 0 aliphatic heterocycles. The minimum Gasteiger partial charge on any atom is -0.508 e. The molecule has 0 bridgehead atoms. The Bertz CT molecular complexity index is 630. The van der Waals surface area contributed by atoms with E-state index in [0.29, 0.717) is 12.2 Å². The Hall–Kier alpha value is -2.39. The lowest BCUT2D eigenvalue weighted by Crippen LogP contribution is -1.99. The second-order valence-corrected chi connectivity index (χ2v) is 4.61. The van der Waals surface area contributed by atoms with E-state index in [9.17, 15) is 9.90 Å². The Morgan fingerprint density at radius 2 is 1.95 bits per heavy atom. The quantitative estimate of drug-likeness (QED) is 0.649. The first-order valence-electron chi connectivity index (χ1n) is 6.86. The van der Waals surface area contributed by atoms with E-state index >= 15 is 0 Å². The summed E-state index contributed by atoms with van der Waals surface area (Å²) in [4.78, 5) is 11.1. The van der Waals surface area contributed by atoms with Crippen LogP contribution in [0.1, 0.15) is 12.5 Å². The van der Waals surface area contributed by atoms with Crippen molar-refractivity contribution in [2.24, 2.45) is 0 Å². The molecular weight excluding hydrogens is 264 g/mol. The smallest absolute Gasteiger partial charge is 0.148 e. The molecule has 3 nitrogen and oxygen atoms in total. The van der Waals surface area contributed by atoms with Gasteiger partial charge in [-0.05, 0) is 41.8 Å². The fourth-order valence-electron chi connectivity index (χ4n) is 2.07. The van der Waals surface area contributed by atoms with Gasteiger partial charge in [0.15, 0.2) is 0 Å². The van der Waals surface area contributed by atoms with Crippen molar-refractivity contribution < 1.29 is 14.6 Å². The first-order valence-corrected chi connectivity index (χ1v) is 6.86. The van der Waals surface area contributed by atoms with Crippen molar-refractivity contribution in [2.75, 3.05) is 13.2 Å². The van der Waals surface area contributed by atoms with E-state index in [1.165, 1.54) is 0 Å². The molecule has 108 valence electrons. The lowest BCUT2D eigenvalue weighted by molar-refractivity contribution is -0.105. The van der Waals surface area contributed by atoms with Crippen LogP contribution in [-0.2, 0) is 9.53 Å². The van der Waals surface area contributed by atoms with Crippen LogP contribution in [0.25, 0.3) is 17.2 Å². The van der Waals surface area contributed by atoms with Crippen LogP contribution in [0.15, 0.2) is 54.1 Å². The van der Waals surface area contributed by atoms with Crippen LogP contribution in [0.4, 0.5) is 0 Å². The largest absolute Gasteiger partial charge is 0.508 e. The van der Waals surface area contributed by atoms with Crippen LogP contribution in [0.5, 0.6) is 5.75 Å². The fourth-order valence-corrected chi connectivity index (χ4v) is 2.07. The van der Waals surface area contributed by atoms with Crippen LogP contribution in [0.3, 0.4) is 0 Å². The maximum absolute atomic E-state index is 11.1. The number of ether oxygens (including phenoxy) is 1. The summed E-state index contributed by atoms with van der Waals surface area (Å²) in [7, 11) is 0. The van der Waals surface area contributed by atoms with E-state index < -0.39 is 0 Å². The highest BCUT2D eigenvalue weighted by Gasteiger charge is 2.06. The number of aldehydes is 1. The van der Waals surface area contributed by atoms with Gasteiger partial charge in [-0.15, -0.1) is 0 Å². The molecule has 2 aromatic rings. The minimum absolute atomic E-state index is 0.198.